The van der Waals surface area contributed by atoms with Gasteiger partial charge in [-0.2, -0.15) is 26.3 Å². The Morgan fingerprint density at radius 1 is 1.14 bits per heavy atom. The number of benzene rings is 2. The number of alkyl halides is 6. The number of aryl methyl sites for hydroxylation is 1. The third-order valence-electron chi connectivity index (χ3n) is 6.11. The summed E-state index contributed by atoms with van der Waals surface area (Å²) < 4.78 is 122. The number of carbonyl (C=O) groups excluding carboxylic acids is 1. The van der Waals surface area contributed by atoms with Gasteiger partial charge in [0, 0.05) is 12.1 Å². The van der Waals surface area contributed by atoms with Gasteiger partial charge in [0.25, 0.3) is 10.0 Å². The summed E-state index contributed by atoms with van der Waals surface area (Å²) in [6, 6.07) is 6.53. The molecule has 1 amide bonds. The van der Waals surface area contributed by atoms with Gasteiger partial charge in [-0.3, -0.25) is 19.1 Å². The second kappa shape index (κ2) is 10.9. The Balaban J connectivity index is 1.68. The van der Waals surface area contributed by atoms with E-state index in [2.05, 4.69) is 24.7 Å². The Bertz CT molecular complexity index is 1630. The minimum absolute atomic E-state index is 0.0648. The zero-order valence-electron chi connectivity index (χ0n) is 21.7. The average Bonchev–Trinajstić information content (AvgIpc) is 3.30. The highest BCUT2D eigenvalue weighted by Crippen LogP contribution is 2.41. The number of nitrogens with one attached hydrogen (secondary N) is 2. The van der Waals surface area contributed by atoms with E-state index in [0.717, 1.165) is 22.5 Å². The number of anilines is 2. The van der Waals surface area contributed by atoms with Crippen LogP contribution in [0.1, 0.15) is 31.7 Å². The average molecular weight is 625 g/mol. The Morgan fingerprint density at radius 3 is 2.48 bits per heavy atom. The summed E-state index contributed by atoms with van der Waals surface area (Å²) in [7, 11) is -4.69. The van der Waals surface area contributed by atoms with Crippen molar-refractivity contribution in [1.82, 2.24) is 10.1 Å². The minimum atomic E-state index is -4.89. The molecule has 1 aliphatic rings. The summed E-state index contributed by atoms with van der Waals surface area (Å²) in [6.07, 6.45) is -12.0. The topological polar surface area (TPSA) is 144 Å². The van der Waals surface area contributed by atoms with Crippen LogP contribution in [0.3, 0.4) is 0 Å². The summed E-state index contributed by atoms with van der Waals surface area (Å²) in [5.74, 6) is -0.739. The molecule has 228 valence electrons. The summed E-state index contributed by atoms with van der Waals surface area (Å²) >= 11 is 0. The number of nitrogens with zero attached hydrogens (tertiary/aromatic N) is 2. The molecule has 0 spiro atoms. The Labute approximate surface area is 233 Å². The number of amides is 1. The van der Waals surface area contributed by atoms with Crippen LogP contribution < -0.4 is 20.1 Å². The molecular formula is C24H22F6N4O7S. The van der Waals surface area contributed by atoms with Gasteiger partial charge in [0.05, 0.1) is 22.7 Å². The van der Waals surface area contributed by atoms with Crippen molar-refractivity contribution in [2.45, 2.75) is 55.6 Å². The van der Waals surface area contributed by atoms with Crippen LogP contribution in [0.4, 0.5) is 42.5 Å². The minimum Gasteiger partial charge on any atom is -0.486 e. The summed E-state index contributed by atoms with van der Waals surface area (Å²) in [6.45, 7) is 0.833. The lowest BCUT2D eigenvalue weighted by Gasteiger charge is -2.36. The lowest BCUT2D eigenvalue weighted by atomic mass is 10.1. The third kappa shape index (κ3) is 6.63. The molecule has 0 bridgehead atoms. The molecule has 0 aliphatic carbocycles. The highest BCUT2D eigenvalue weighted by molar-refractivity contribution is 7.92. The number of aromatic nitrogens is 2. The standard InChI is InChI=1S/C24H22F6N4O7S/c1-22(2,24(28,29)30)40-20(35)31-14-6-8-18-17(11-14)34(12-15(39-18)7-9-19-32-21(36)41-33-19)42(37,38)16-5-3-4-13(10-16)23(25,26)27/h3-6,8,10-11,15H,7,9,12H2,1-2H3,(H,31,35)(H,32,33,36)/t15-/m0/s1. The predicted octanol–water partition coefficient (Wildman–Crippen LogP) is 4.86. The number of fused-ring (bicyclic) bond motifs is 1. The maximum Gasteiger partial charge on any atom is 0.438 e. The van der Waals surface area contributed by atoms with Crippen LogP contribution in [0.2, 0.25) is 0 Å². The molecule has 3 aromatic rings. The maximum atomic E-state index is 13.7. The smallest absolute Gasteiger partial charge is 0.438 e. The van der Waals surface area contributed by atoms with Crippen LogP contribution in [-0.4, -0.2) is 49.1 Å². The third-order valence-corrected chi connectivity index (χ3v) is 7.88. The summed E-state index contributed by atoms with van der Waals surface area (Å²) in [5, 5.41) is 5.59. The lowest BCUT2D eigenvalue weighted by molar-refractivity contribution is -0.242. The molecule has 1 atom stereocenters. The number of H-pyrrole nitrogens is 1. The van der Waals surface area contributed by atoms with Crippen LogP contribution in [0.5, 0.6) is 5.75 Å². The molecule has 2 aromatic carbocycles. The van der Waals surface area contributed by atoms with Crippen molar-refractivity contribution in [3.63, 3.8) is 0 Å². The first-order valence-corrected chi connectivity index (χ1v) is 13.4. The molecule has 4 rings (SSSR count). The quantitative estimate of drug-likeness (QED) is 0.355. The largest absolute Gasteiger partial charge is 0.486 e. The number of hydrogen-bond donors (Lipinski definition) is 2. The maximum absolute atomic E-state index is 13.7. The summed E-state index contributed by atoms with van der Waals surface area (Å²) in [4.78, 5) is 25.0. The fourth-order valence-corrected chi connectivity index (χ4v) is 5.37. The first-order chi connectivity index (χ1) is 19.4. The van der Waals surface area contributed by atoms with Gasteiger partial charge >= 0.3 is 24.2 Å². The van der Waals surface area contributed by atoms with Gasteiger partial charge in [0.2, 0.25) is 5.60 Å². The molecular weight excluding hydrogens is 602 g/mol. The van der Waals surface area contributed by atoms with Crippen molar-refractivity contribution in [2.24, 2.45) is 0 Å². The molecule has 0 saturated heterocycles. The molecule has 2 N–H and O–H groups in total. The van der Waals surface area contributed by atoms with Crippen molar-refractivity contribution in [1.29, 1.82) is 0 Å². The molecule has 42 heavy (non-hydrogen) atoms. The number of rotatable bonds is 7. The van der Waals surface area contributed by atoms with Crippen molar-refractivity contribution >= 4 is 27.5 Å². The first-order valence-electron chi connectivity index (χ1n) is 12.0. The molecule has 0 saturated carbocycles. The zero-order valence-corrected chi connectivity index (χ0v) is 22.5. The van der Waals surface area contributed by atoms with E-state index >= 15 is 0 Å². The fraction of sp³-hybridized carbons (Fsp3) is 0.375. The molecule has 2 heterocycles. The van der Waals surface area contributed by atoms with Crippen LogP contribution in [0.25, 0.3) is 0 Å². The Morgan fingerprint density at radius 2 is 1.86 bits per heavy atom. The van der Waals surface area contributed by atoms with Crippen molar-refractivity contribution in [2.75, 3.05) is 16.2 Å². The van der Waals surface area contributed by atoms with Gasteiger partial charge in [-0.1, -0.05) is 11.2 Å². The number of halogens is 6. The highest BCUT2D eigenvalue weighted by Gasteiger charge is 2.51. The molecule has 0 unspecified atom stereocenters. The summed E-state index contributed by atoms with van der Waals surface area (Å²) in [5.41, 5.74) is -4.47. The van der Waals surface area contributed by atoms with E-state index in [1.807, 2.05) is 0 Å². The number of hydrogen-bond acceptors (Lipinski definition) is 8. The van der Waals surface area contributed by atoms with Crippen LogP contribution >= 0.6 is 0 Å². The lowest BCUT2D eigenvalue weighted by Crippen LogP contribution is -2.44. The predicted molar refractivity (Wildman–Crippen MR) is 133 cm³/mol. The second-order valence-electron chi connectivity index (χ2n) is 9.59. The van der Waals surface area contributed by atoms with E-state index in [1.54, 1.807) is 0 Å². The first kappa shape index (κ1) is 30.7. The van der Waals surface area contributed by atoms with Crippen LogP contribution in [0, 0.1) is 0 Å². The number of ether oxygens (including phenoxy) is 2. The van der Waals surface area contributed by atoms with Crippen LogP contribution in [0.15, 0.2) is 56.7 Å². The Hall–Kier alpha value is -4.22. The van der Waals surface area contributed by atoms with E-state index < -0.39 is 62.9 Å². The Kier molecular flexibility index (Phi) is 7.96. The van der Waals surface area contributed by atoms with E-state index in [9.17, 15) is 44.3 Å². The van der Waals surface area contributed by atoms with E-state index in [1.165, 1.54) is 12.1 Å². The van der Waals surface area contributed by atoms with E-state index in [0.29, 0.717) is 26.0 Å². The molecule has 18 heteroatoms. The van der Waals surface area contributed by atoms with E-state index in [-0.39, 0.29) is 35.8 Å². The van der Waals surface area contributed by atoms with Gasteiger partial charge in [0.15, 0.2) is 5.82 Å². The van der Waals surface area contributed by atoms with Gasteiger partial charge in [-0.15, -0.1) is 0 Å². The SMILES string of the molecule is CC(C)(OC(=O)Nc1ccc2c(c1)N(S(=O)(=O)c1cccc(C(F)(F)F)c1)C[C@H](CCc1noc(=O)[nH]1)O2)C(F)(F)F. The van der Waals surface area contributed by atoms with Gasteiger partial charge < -0.3 is 9.47 Å². The number of aromatic amines is 1. The highest BCUT2D eigenvalue weighted by atomic mass is 32.2. The van der Waals surface area contributed by atoms with E-state index in [4.69, 9.17) is 4.74 Å². The molecule has 0 radical (unpaired) electrons. The molecule has 1 aliphatic heterocycles. The zero-order chi connectivity index (χ0) is 31.1. The molecule has 1 aromatic heterocycles. The van der Waals surface area contributed by atoms with Crippen molar-refractivity contribution in [3.05, 3.63) is 64.4 Å². The molecule has 11 nitrogen and oxygen atoms in total. The van der Waals surface area contributed by atoms with Crippen molar-refractivity contribution < 1.29 is 53.6 Å². The van der Waals surface area contributed by atoms with Gasteiger partial charge in [-0.25, -0.2) is 18.0 Å². The second-order valence-corrected chi connectivity index (χ2v) is 11.4. The van der Waals surface area contributed by atoms with Crippen molar-refractivity contribution in [3.8, 4) is 5.75 Å². The number of sulfonamides is 1. The normalized spacial score (nSPS) is 16.0. The molecule has 0 fully saturated rings. The number of carbonyl (C=O) groups is 1. The van der Waals surface area contributed by atoms with Gasteiger partial charge in [-0.05, 0) is 56.7 Å². The monoisotopic (exact) mass is 624 g/mol. The fourth-order valence-electron chi connectivity index (χ4n) is 3.83. The van der Waals surface area contributed by atoms with Gasteiger partial charge in [0.1, 0.15) is 11.9 Å². The van der Waals surface area contributed by atoms with Crippen LogP contribution in [-0.2, 0) is 27.4 Å².